The van der Waals surface area contributed by atoms with E-state index in [9.17, 15) is 30.0 Å². The number of carbonyl (C=O) groups is 2. The first-order valence-corrected chi connectivity index (χ1v) is 41.2. The second-order valence-corrected chi connectivity index (χ2v) is 34.0. The molecule has 0 saturated heterocycles. The second kappa shape index (κ2) is 43.2. The number of aromatic nitrogens is 4. The number of hydrogen-bond acceptors (Lipinski definition) is 12. The fourth-order valence-corrected chi connectivity index (χ4v) is 15.5. The summed E-state index contributed by atoms with van der Waals surface area (Å²) in [4.78, 5) is 39.2. The van der Waals surface area contributed by atoms with Crippen molar-refractivity contribution in [3.63, 3.8) is 0 Å². The van der Waals surface area contributed by atoms with Crippen molar-refractivity contribution in [1.82, 2.24) is 19.9 Å². The minimum absolute atomic E-state index is 0. The van der Waals surface area contributed by atoms with Crippen LogP contribution >= 0.6 is 0 Å². The van der Waals surface area contributed by atoms with Crippen LogP contribution in [0.3, 0.4) is 0 Å². The Kier molecular flexibility index (Phi) is 33.7. The molecule has 4 aromatic heterocycles. The zero-order chi connectivity index (χ0) is 88.4. The van der Waals surface area contributed by atoms with Crippen molar-refractivity contribution < 1.29 is 121 Å². The second-order valence-electron chi connectivity index (χ2n) is 34.0. The van der Waals surface area contributed by atoms with E-state index in [-0.39, 0.29) is 149 Å². The van der Waals surface area contributed by atoms with Crippen molar-refractivity contribution in [1.29, 1.82) is 0 Å². The molecular formula is C112H100Ir2N4O8Pd2-4. The molecule has 0 spiro atoms. The molecule has 0 aliphatic heterocycles. The monoisotopic (exact) mass is 2230 g/mol. The van der Waals surface area contributed by atoms with Crippen LogP contribution in [0.15, 0.2) is 327 Å². The fourth-order valence-electron chi connectivity index (χ4n) is 15.5. The van der Waals surface area contributed by atoms with E-state index in [0.29, 0.717) is 16.8 Å². The molecule has 2 aliphatic carbocycles. The Hall–Kier alpha value is -12.0. The number of allylic oxidation sites excluding steroid dienone is 4. The summed E-state index contributed by atoms with van der Waals surface area (Å²) in [6.45, 7) is 27.9. The van der Waals surface area contributed by atoms with Crippen molar-refractivity contribution in [2.45, 2.75) is 119 Å². The van der Waals surface area contributed by atoms with Crippen LogP contribution in [0.25, 0.3) is 134 Å². The summed E-state index contributed by atoms with van der Waals surface area (Å²) in [7, 11) is 0. The first-order chi connectivity index (χ1) is 59.2. The maximum Gasteiger partial charge on any atom is 0.155 e. The number of fused-ring (bicyclic) bond motifs is 8. The Labute approximate surface area is 805 Å². The molecule has 16 heteroatoms. The third-order valence-electron chi connectivity index (χ3n) is 21.9. The molecule has 12 nitrogen and oxygen atoms in total. The molecule has 0 fully saturated rings. The van der Waals surface area contributed by atoms with Gasteiger partial charge in [0, 0.05) is 122 Å². The molecule has 2 radical (unpaired) electrons. The minimum atomic E-state index is -0.125. The Balaban J connectivity index is 0.000000182. The summed E-state index contributed by atoms with van der Waals surface area (Å²) in [6.07, 6.45) is 4.22. The smallest absolute Gasteiger partial charge is 0.155 e. The van der Waals surface area contributed by atoms with Crippen LogP contribution in [0, 0.1) is 24.3 Å². The first-order valence-electron chi connectivity index (χ1n) is 41.2. The number of ketones is 2. The molecule has 128 heavy (non-hydrogen) atoms. The molecule has 0 unspecified atom stereocenters. The molecule has 12 aromatic carbocycles. The molecule has 18 rings (SSSR count). The summed E-state index contributed by atoms with van der Waals surface area (Å²) < 4.78 is 0. The zero-order valence-electron chi connectivity index (χ0n) is 73.6. The maximum atomic E-state index is 10.5. The van der Waals surface area contributed by atoms with Crippen LogP contribution in [0.5, 0.6) is 23.0 Å². The van der Waals surface area contributed by atoms with Crippen molar-refractivity contribution in [2.75, 3.05) is 0 Å². The number of benzene rings is 12. The first kappa shape index (κ1) is 99.8. The van der Waals surface area contributed by atoms with Crippen LogP contribution in [0.1, 0.15) is 130 Å². The summed E-state index contributed by atoms with van der Waals surface area (Å²) >= 11 is 0. The quantitative estimate of drug-likeness (QED) is 0.0327. The van der Waals surface area contributed by atoms with Gasteiger partial charge in [0.2, 0.25) is 0 Å². The van der Waals surface area contributed by atoms with E-state index in [1.54, 1.807) is 36.4 Å². The Morgan fingerprint density at radius 3 is 1.26 bits per heavy atom. The van der Waals surface area contributed by atoms with Crippen LogP contribution in [-0.2, 0) is 112 Å². The van der Waals surface area contributed by atoms with E-state index < -0.39 is 0 Å². The summed E-state index contributed by atoms with van der Waals surface area (Å²) in [5.41, 5.74) is 27.0. The number of phenolic OH excluding ortho intramolecular Hbond substituents is 4. The molecular weight excluding hydrogens is 2130 g/mol. The topological polar surface area (TPSA) is 207 Å². The van der Waals surface area contributed by atoms with Crippen molar-refractivity contribution in [3.05, 3.63) is 385 Å². The number of aliphatic hydroxyl groups is 2. The van der Waals surface area contributed by atoms with E-state index in [2.05, 4.69) is 255 Å². The summed E-state index contributed by atoms with van der Waals surface area (Å²) in [6, 6.07) is 112. The van der Waals surface area contributed by atoms with Gasteiger partial charge in [-0.15, -0.1) is 118 Å². The normalized spacial score (nSPS) is 12.2. The van der Waals surface area contributed by atoms with Crippen molar-refractivity contribution >= 4 is 33.2 Å². The number of para-hydroxylation sites is 5. The Morgan fingerprint density at radius 2 is 0.734 bits per heavy atom. The van der Waals surface area contributed by atoms with Gasteiger partial charge < -0.3 is 35.6 Å². The Morgan fingerprint density at radius 1 is 0.336 bits per heavy atom. The number of carbonyl (C=O) groups excluding carboxylic acids is 2. The SMILES string of the molecule is CC(=O)C=C(C)O.CC(=O)C=C(C)O.CC(C)(C)c1cc(-c2cc(C(C)(C)C)cc(-c3ccccc3O)n2)[c-]c(-c2ccccc2O)c1.CC1(C)c2ccccc2-c2c[c-]c(-c3ccc4ccccc4n3)cc21.CC1(C)c2ccccc2-c2c[c-]c(-c3nccc4ccccc34)cc21.Oc1ccccc1-c1[c-]c(-c2cccc(-c3ccccc3O)n2)ccc1.[Ir].[Ir].[Pd].[Pd]. The van der Waals surface area contributed by atoms with Gasteiger partial charge in [-0.05, 0) is 165 Å². The van der Waals surface area contributed by atoms with E-state index in [4.69, 9.17) is 20.2 Å². The van der Waals surface area contributed by atoms with E-state index >= 15 is 0 Å². The molecule has 6 N–H and O–H groups in total. The Bertz CT molecular complexity index is 6510. The fraction of sp³-hybridized carbons (Fsp3) is 0.161. The number of phenols is 4. The van der Waals surface area contributed by atoms with Gasteiger partial charge >= 0.3 is 0 Å². The van der Waals surface area contributed by atoms with Crippen LogP contribution in [-0.4, -0.2) is 62.1 Å². The van der Waals surface area contributed by atoms with Gasteiger partial charge in [0.15, 0.2) is 11.6 Å². The van der Waals surface area contributed by atoms with Gasteiger partial charge in [-0.1, -0.05) is 285 Å². The average Bonchev–Trinajstić information content (AvgIpc) is 1.58. The molecule has 0 amide bonds. The summed E-state index contributed by atoms with van der Waals surface area (Å²) in [5.74, 6) is 0.720. The maximum absolute atomic E-state index is 10.5. The minimum Gasteiger partial charge on any atom is -0.515 e. The average molecular weight is 2230 g/mol. The number of hydrogen-bond donors (Lipinski definition) is 6. The van der Waals surface area contributed by atoms with Gasteiger partial charge in [-0.3, -0.25) is 24.5 Å². The molecule has 0 bridgehead atoms. The molecule has 0 saturated carbocycles. The molecule has 658 valence electrons. The van der Waals surface area contributed by atoms with Gasteiger partial charge in [-0.25, -0.2) is 0 Å². The number of aliphatic hydroxyl groups excluding tert-OH is 2. The van der Waals surface area contributed by atoms with Crippen LogP contribution in [0.2, 0.25) is 0 Å². The molecule has 0 atom stereocenters. The van der Waals surface area contributed by atoms with E-state index in [1.165, 1.54) is 101 Å². The molecule has 2 aliphatic rings. The number of pyridine rings is 4. The van der Waals surface area contributed by atoms with E-state index in [0.717, 1.165) is 89.6 Å². The number of nitrogens with zero attached hydrogens (tertiary/aromatic N) is 4. The predicted octanol–water partition coefficient (Wildman–Crippen LogP) is 27.3. The van der Waals surface area contributed by atoms with Crippen LogP contribution in [0.4, 0.5) is 0 Å². The number of rotatable bonds is 10. The van der Waals surface area contributed by atoms with Gasteiger partial charge in [-0.2, -0.15) is 0 Å². The molecule has 16 aromatic rings. The van der Waals surface area contributed by atoms with Crippen molar-refractivity contribution in [3.8, 4) is 135 Å². The van der Waals surface area contributed by atoms with Gasteiger partial charge in [0.25, 0.3) is 0 Å². The van der Waals surface area contributed by atoms with Crippen molar-refractivity contribution in [2.24, 2.45) is 0 Å². The predicted molar refractivity (Wildman–Crippen MR) is 504 cm³/mol. The van der Waals surface area contributed by atoms with E-state index in [1.807, 2.05) is 115 Å². The van der Waals surface area contributed by atoms with Gasteiger partial charge in [0.05, 0.1) is 39.9 Å². The van der Waals surface area contributed by atoms with Crippen LogP contribution < -0.4 is 0 Å². The standard InChI is InChI=1S/C31H32NO2.2C24H18N.C23H16NO2.2C5H8O2.2Ir.2Pd/c1-30(2,3)22-16-20(24-11-7-9-13-28(24)33)15-21(17-22)26-18-23(31(4,5)6)19-27(32-26)25-12-8-10-14-29(25)34;1-24(2)20-9-5-4-8-18(20)19-13-11-17(15-21(19)24)23-14-12-16-7-3-6-10-22(16)25-23;1-24(2)21-10-6-5-9-19(21)20-12-11-17(15-22(20)24)23-18-8-4-3-7-16(18)13-14-25-23;25-22-13-3-1-9-18(22)16-7-5-8-17(15-16)20-11-6-12-21(24-20)19-10-2-4-14-23(19)26;2*1-4(6)3-5(2)7;;;;/h7-14,16-19,33-34H,1-6H3;2*3-10,12-15H,1-2H3;1-14,25-26H;2*3,6H,1-2H3;;;;/q4*-1;;;;;;. The summed E-state index contributed by atoms with van der Waals surface area (Å²) in [5, 5.41) is 61.5. The zero-order valence-corrected chi connectivity index (χ0v) is 81.5. The molecule has 4 heterocycles. The third kappa shape index (κ3) is 23.5. The third-order valence-corrected chi connectivity index (χ3v) is 21.9. The largest absolute Gasteiger partial charge is 0.515 e. The number of aromatic hydroxyl groups is 4. The van der Waals surface area contributed by atoms with Gasteiger partial charge in [0.1, 0.15) is 11.5 Å².